The van der Waals surface area contributed by atoms with Crippen LogP contribution in [0.5, 0.6) is 0 Å². The van der Waals surface area contributed by atoms with Crippen molar-refractivity contribution in [1.82, 2.24) is 10.2 Å². The molecule has 0 fully saturated rings. The van der Waals surface area contributed by atoms with Gasteiger partial charge in [-0.15, -0.1) is 0 Å². The molecule has 0 aromatic heterocycles. The Kier molecular flexibility index (Phi) is 10.5. The Morgan fingerprint density at radius 2 is 1.62 bits per heavy atom. The van der Waals surface area contributed by atoms with Crippen LogP contribution in [0.2, 0.25) is 5.02 Å². The van der Waals surface area contributed by atoms with Crippen molar-refractivity contribution in [2.45, 2.75) is 46.2 Å². The molecule has 3 rings (SSSR count). The van der Waals surface area contributed by atoms with Gasteiger partial charge in [-0.25, -0.2) is 8.42 Å². The van der Waals surface area contributed by atoms with Crippen LogP contribution in [0.1, 0.15) is 35.6 Å². The summed E-state index contributed by atoms with van der Waals surface area (Å²) >= 11 is 6.10. The molecule has 0 saturated carbocycles. The van der Waals surface area contributed by atoms with E-state index in [-0.39, 0.29) is 18.9 Å². The number of aryl methyl sites for hydroxylation is 2. The summed E-state index contributed by atoms with van der Waals surface area (Å²) in [7, 11) is -3.84. The van der Waals surface area contributed by atoms with Crippen molar-refractivity contribution in [1.29, 1.82) is 0 Å². The second-order valence-corrected chi connectivity index (χ2v) is 12.0. The number of nitrogens with zero attached hydrogens (tertiary/aromatic N) is 2. The van der Waals surface area contributed by atoms with Gasteiger partial charge < -0.3 is 10.2 Å². The molecule has 2 amide bonds. The molecular weight excluding hydrogens is 534 g/mol. The minimum Gasteiger partial charge on any atom is -0.354 e. The molecule has 3 aromatic rings. The zero-order valence-electron chi connectivity index (χ0n) is 22.9. The second kappa shape index (κ2) is 13.6. The minimum absolute atomic E-state index is 0.153. The van der Waals surface area contributed by atoms with Gasteiger partial charge in [-0.2, -0.15) is 0 Å². The quantitative estimate of drug-likeness (QED) is 0.336. The van der Waals surface area contributed by atoms with Gasteiger partial charge in [-0.1, -0.05) is 73.1 Å². The maximum Gasteiger partial charge on any atom is 0.244 e. The molecule has 0 unspecified atom stereocenters. The first kappa shape index (κ1) is 30.2. The summed E-state index contributed by atoms with van der Waals surface area (Å²) in [4.78, 5) is 29.1. The van der Waals surface area contributed by atoms with Gasteiger partial charge in [0.25, 0.3) is 0 Å². The highest BCUT2D eigenvalue weighted by Crippen LogP contribution is 2.26. The van der Waals surface area contributed by atoms with E-state index < -0.39 is 28.5 Å². The number of anilines is 1. The molecule has 7 nitrogen and oxygen atoms in total. The summed E-state index contributed by atoms with van der Waals surface area (Å²) in [6.07, 6.45) is 2.09. The van der Waals surface area contributed by atoms with E-state index in [1.807, 2.05) is 68.4 Å². The first-order valence-electron chi connectivity index (χ1n) is 12.9. The Hall–Kier alpha value is -3.36. The smallest absolute Gasteiger partial charge is 0.244 e. The van der Waals surface area contributed by atoms with Gasteiger partial charge in [-0.3, -0.25) is 13.9 Å². The summed E-state index contributed by atoms with van der Waals surface area (Å²) in [6, 6.07) is 21.1. The largest absolute Gasteiger partial charge is 0.354 e. The van der Waals surface area contributed by atoms with Crippen molar-refractivity contribution in [3.8, 4) is 0 Å². The van der Waals surface area contributed by atoms with Crippen molar-refractivity contribution >= 4 is 39.1 Å². The maximum absolute atomic E-state index is 14.1. The van der Waals surface area contributed by atoms with Crippen LogP contribution in [0.3, 0.4) is 0 Å². The molecule has 1 N–H and O–H groups in total. The molecule has 0 heterocycles. The molecule has 9 heteroatoms. The molecule has 0 aliphatic carbocycles. The van der Waals surface area contributed by atoms with Crippen molar-refractivity contribution in [3.63, 3.8) is 0 Å². The lowest BCUT2D eigenvalue weighted by Crippen LogP contribution is -2.53. The zero-order chi connectivity index (χ0) is 28.6. The number of rotatable bonds is 12. The SMILES string of the molecule is CCCNC(=O)[C@H](Cc1ccccc1)N(Cc1ccccc1C)C(=O)CN(c1ccc(Cl)cc1C)S(C)(=O)=O. The molecule has 0 spiro atoms. The number of hydrogen-bond acceptors (Lipinski definition) is 4. The number of amides is 2. The van der Waals surface area contributed by atoms with Crippen LogP contribution < -0.4 is 9.62 Å². The van der Waals surface area contributed by atoms with Crippen molar-refractivity contribution in [2.24, 2.45) is 0 Å². The highest BCUT2D eigenvalue weighted by molar-refractivity contribution is 7.92. The second-order valence-electron chi connectivity index (χ2n) is 9.65. The molecule has 208 valence electrons. The predicted molar refractivity (Wildman–Crippen MR) is 157 cm³/mol. The van der Waals surface area contributed by atoms with Gasteiger partial charge in [0.1, 0.15) is 12.6 Å². The first-order chi connectivity index (χ1) is 18.5. The number of benzene rings is 3. The van der Waals surface area contributed by atoms with Gasteiger partial charge in [0.05, 0.1) is 11.9 Å². The Morgan fingerprint density at radius 1 is 0.949 bits per heavy atom. The molecule has 0 aliphatic heterocycles. The molecule has 39 heavy (non-hydrogen) atoms. The third kappa shape index (κ3) is 8.31. The number of sulfonamides is 1. The molecular formula is C30H36ClN3O4S. The normalized spacial score (nSPS) is 12.0. The molecule has 0 saturated heterocycles. The average Bonchev–Trinajstić information content (AvgIpc) is 2.89. The van der Waals surface area contributed by atoms with E-state index in [4.69, 9.17) is 11.6 Å². The van der Waals surface area contributed by atoms with Crippen LogP contribution in [-0.4, -0.2) is 50.5 Å². The van der Waals surface area contributed by atoms with Crippen LogP contribution in [0.15, 0.2) is 72.8 Å². The molecule has 3 aromatic carbocycles. The highest BCUT2D eigenvalue weighted by Gasteiger charge is 2.33. The minimum atomic E-state index is -3.84. The van der Waals surface area contributed by atoms with Gasteiger partial charge in [0.15, 0.2) is 0 Å². The maximum atomic E-state index is 14.1. The van der Waals surface area contributed by atoms with E-state index in [1.165, 1.54) is 4.90 Å². The number of carbonyl (C=O) groups is 2. The topological polar surface area (TPSA) is 86.8 Å². The standard InChI is InChI=1S/C30H36ClN3O4S/c1-5-17-32-30(36)28(19-24-12-7-6-8-13-24)33(20-25-14-10-9-11-22(25)2)29(35)21-34(39(4,37)38)27-16-15-26(31)18-23(27)3/h6-16,18,28H,5,17,19-21H2,1-4H3,(H,32,36)/t28-/m0/s1. The van der Waals surface area contributed by atoms with Gasteiger partial charge >= 0.3 is 0 Å². The monoisotopic (exact) mass is 569 g/mol. The van der Waals surface area contributed by atoms with Crippen molar-refractivity contribution in [2.75, 3.05) is 23.7 Å². The third-order valence-corrected chi connectivity index (χ3v) is 7.89. The van der Waals surface area contributed by atoms with Gasteiger partial charge in [0, 0.05) is 24.5 Å². The van der Waals surface area contributed by atoms with Crippen LogP contribution in [0.4, 0.5) is 5.69 Å². The number of nitrogens with one attached hydrogen (secondary N) is 1. The number of halogens is 1. The lowest BCUT2D eigenvalue weighted by molar-refractivity contribution is -0.140. The van der Waals surface area contributed by atoms with E-state index in [0.717, 1.165) is 33.7 Å². The summed E-state index contributed by atoms with van der Waals surface area (Å²) in [5.74, 6) is -0.762. The van der Waals surface area contributed by atoms with E-state index >= 15 is 0 Å². The van der Waals surface area contributed by atoms with Crippen molar-refractivity contribution < 1.29 is 18.0 Å². The molecule has 0 radical (unpaired) electrons. The number of hydrogen-bond donors (Lipinski definition) is 1. The van der Waals surface area contributed by atoms with Gasteiger partial charge in [-0.05, 0) is 60.7 Å². The molecule has 1 atom stereocenters. The highest BCUT2D eigenvalue weighted by atomic mass is 35.5. The fourth-order valence-electron chi connectivity index (χ4n) is 4.38. The summed E-state index contributed by atoms with van der Waals surface area (Å²) in [5.41, 5.74) is 3.72. The van der Waals surface area contributed by atoms with Crippen LogP contribution in [0, 0.1) is 13.8 Å². The Morgan fingerprint density at radius 3 is 2.23 bits per heavy atom. The number of carbonyl (C=O) groups excluding carboxylic acids is 2. The lowest BCUT2D eigenvalue weighted by Gasteiger charge is -2.34. The predicted octanol–water partition coefficient (Wildman–Crippen LogP) is 4.89. The summed E-state index contributed by atoms with van der Waals surface area (Å²) < 4.78 is 26.9. The van der Waals surface area contributed by atoms with E-state index in [2.05, 4.69) is 5.32 Å². The zero-order valence-corrected chi connectivity index (χ0v) is 24.4. The third-order valence-electron chi connectivity index (χ3n) is 6.53. The van der Waals surface area contributed by atoms with E-state index in [0.29, 0.717) is 22.8 Å². The Labute approximate surface area is 236 Å². The average molecular weight is 570 g/mol. The summed E-state index contributed by atoms with van der Waals surface area (Å²) in [5, 5.41) is 3.41. The van der Waals surface area contributed by atoms with Crippen LogP contribution >= 0.6 is 11.6 Å². The summed E-state index contributed by atoms with van der Waals surface area (Å²) in [6.45, 7) is 5.81. The van der Waals surface area contributed by atoms with Gasteiger partial charge in [0.2, 0.25) is 21.8 Å². The van der Waals surface area contributed by atoms with Crippen LogP contribution in [0.25, 0.3) is 0 Å². The fraction of sp³-hybridized carbons (Fsp3) is 0.333. The fourth-order valence-corrected chi connectivity index (χ4v) is 5.52. The molecule has 0 aliphatic rings. The Balaban J connectivity index is 2.07. The molecule has 0 bridgehead atoms. The lowest BCUT2D eigenvalue weighted by atomic mass is 10.0. The Bertz CT molecular complexity index is 1400. The van der Waals surface area contributed by atoms with Crippen LogP contribution in [-0.2, 0) is 32.6 Å². The van der Waals surface area contributed by atoms with E-state index in [1.54, 1.807) is 25.1 Å². The van der Waals surface area contributed by atoms with E-state index in [9.17, 15) is 18.0 Å². The first-order valence-corrected chi connectivity index (χ1v) is 15.1. The van der Waals surface area contributed by atoms with Crippen molar-refractivity contribution in [3.05, 3.63) is 100 Å².